The third kappa shape index (κ3) is 2.89. The van der Waals surface area contributed by atoms with Gasteiger partial charge in [0.15, 0.2) is 5.11 Å². The van der Waals surface area contributed by atoms with Crippen LogP contribution in [0.5, 0.6) is 0 Å². The van der Waals surface area contributed by atoms with Gasteiger partial charge in [0.1, 0.15) is 6.54 Å². The minimum atomic E-state index is -0.0985. The third-order valence-electron chi connectivity index (χ3n) is 2.95. The lowest BCUT2D eigenvalue weighted by Gasteiger charge is -2.28. The molecular formula is C10H16N3OS. The van der Waals surface area contributed by atoms with Crippen LogP contribution in [0.3, 0.4) is 0 Å². The highest BCUT2D eigenvalue weighted by Crippen LogP contribution is 2.09. The first-order valence-corrected chi connectivity index (χ1v) is 5.92. The quantitative estimate of drug-likeness (QED) is 0.645. The maximum Gasteiger partial charge on any atom is 0.267 e. The van der Waals surface area contributed by atoms with Crippen LogP contribution in [0.25, 0.3) is 0 Å². The molecule has 1 amide bonds. The zero-order valence-corrected chi connectivity index (χ0v) is 9.63. The zero-order chi connectivity index (χ0) is 10.7. The summed E-state index contributed by atoms with van der Waals surface area (Å²) in [5, 5.41) is 4.20. The van der Waals surface area contributed by atoms with Crippen molar-refractivity contribution in [2.24, 2.45) is 0 Å². The molecule has 5 heteroatoms. The molecule has 2 aliphatic heterocycles. The molecule has 2 rings (SSSR count). The second-order valence-electron chi connectivity index (χ2n) is 4.11. The number of hydrogen-bond acceptors (Lipinski definition) is 3. The Morgan fingerprint density at radius 1 is 1.20 bits per heavy atom. The van der Waals surface area contributed by atoms with E-state index in [2.05, 4.69) is 10.2 Å². The van der Waals surface area contributed by atoms with Gasteiger partial charge in [0.05, 0.1) is 0 Å². The molecule has 0 unspecified atom stereocenters. The van der Waals surface area contributed by atoms with Gasteiger partial charge in [-0.1, -0.05) is 6.42 Å². The lowest BCUT2D eigenvalue weighted by Crippen LogP contribution is -2.38. The SMILES string of the molecule is O=C1CN(CCN2CCCCC2)C(=S)[N]1. The van der Waals surface area contributed by atoms with Crippen molar-refractivity contribution < 1.29 is 4.79 Å². The molecule has 0 atom stereocenters. The first-order chi connectivity index (χ1) is 7.25. The molecular weight excluding hydrogens is 210 g/mol. The van der Waals surface area contributed by atoms with Crippen LogP contribution >= 0.6 is 12.2 Å². The lowest BCUT2D eigenvalue weighted by molar-refractivity contribution is -0.118. The zero-order valence-electron chi connectivity index (χ0n) is 8.81. The van der Waals surface area contributed by atoms with Gasteiger partial charge in [-0.05, 0) is 38.1 Å². The third-order valence-corrected chi connectivity index (χ3v) is 3.30. The van der Waals surface area contributed by atoms with Crippen molar-refractivity contribution >= 4 is 23.2 Å². The highest BCUT2D eigenvalue weighted by molar-refractivity contribution is 7.80. The van der Waals surface area contributed by atoms with Crippen molar-refractivity contribution in [3.05, 3.63) is 0 Å². The van der Waals surface area contributed by atoms with Crippen LogP contribution in [0.2, 0.25) is 0 Å². The summed E-state index contributed by atoms with van der Waals surface area (Å²) in [6, 6.07) is 0. The van der Waals surface area contributed by atoms with Crippen molar-refractivity contribution in [2.75, 3.05) is 32.7 Å². The molecule has 0 aliphatic carbocycles. The average molecular weight is 226 g/mol. The first kappa shape index (κ1) is 10.8. The molecule has 0 bridgehead atoms. The fraction of sp³-hybridized carbons (Fsp3) is 0.800. The molecule has 2 fully saturated rings. The smallest absolute Gasteiger partial charge is 0.267 e. The van der Waals surface area contributed by atoms with Gasteiger partial charge >= 0.3 is 0 Å². The molecule has 15 heavy (non-hydrogen) atoms. The molecule has 4 nitrogen and oxygen atoms in total. The van der Waals surface area contributed by atoms with E-state index in [1.54, 1.807) is 0 Å². The summed E-state index contributed by atoms with van der Waals surface area (Å²) in [4.78, 5) is 15.3. The molecule has 2 heterocycles. The minimum absolute atomic E-state index is 0.0985. The Hall–Kier alpha value is -0.680. The summed E-state index contributed by atoms with van der Waals surface area (Å²) in [7, 11) is 0. The molecule has 0 N–H and O–H groups in total. The molecule has 2 saturated heterocycles. The van der Waals surface area contributed by atoms with E-state index >= 15 is 0 Å². The molecule has 0 saturated carbocycles. The Kier molecular flexibility index (Phi) is 3.53. The Bertz CT molecular complexity index is 263. The Morgan fingerprint density at radius 2 is 1.93 bits per heavy atom. The van der Waals surface area contributed by atoms with Crippen LogP contribution in [0.4, 0.5) is 0 Å². The highest BCUT2D eigenvalue weighted by atomic mass is 32.1. The Morgan fingerprint density at radius 3 is 2.53 bits per heavy atom. The van der Waals surface area contributed by atoms with Crippen LogP contribution in [0, 0.1) is 0 Å². The molecule has 0 aromatic heterocycles. The van der Waals surface area contributed by atoms with Crippen molar-refractivity contribution in [2.45, 2.75) is 19.3 Å². The summed E-state index contributed by atoms with van der Waals surface area (Å²) >= 11 is 5.00. The summed E-state index contributed by atoms with van der Waals surface area (Å²) in [6.45, 7) is 4.60. The predicted molar refractivity (Wildman–Crippen MR) is 61.6 cm³/mol. The average Bonchev–Trinajstić information content (AvgIpc) is 2.56. The van der Waals surface area contributed by atoms with Crippen LogP contribution < -0.4 is 5.32 Å². The molecule has 2 aliphatic rings. The normalized spacial score (nSPS) is 23.3. The van der Waals surface area contributed by atoms with Gasteiger partial charge in [-0.15, -0.1) is 0 Å². The number of likely N-dealkylation sites (tertiary alicyclic amines) is 1. The number of amides is 1. The van der Waals surface area contributed by atoms with Gasteiger partial charge in [-0.25, -0.2) is 0 Å². The fourth-order valence-corrected chi connectivity index (χ4v) is 2.32. The van der Waals surface area contributed by atoms with Gasteiger partial charge < -0.3 is 9.80 Å². The van der Waals surface area contributed by atoms with E-state index in [4.69, 9.17) is 12.2 Å². The standard InChI is InChI=1S/C10H16N3OS/c14-9-8-13(10(15)11-9)7-6-12-4-2-1-3-5-12/h1-8H2. The van der Waals surface area contributed by atoms with Crippen molar-refractivity contribution in [3.8, 4) is 0 Å². The van der Waals surface area contributed by atoms with Crippen LogP contribution in [0.15, 0.2) is 0 Å². The molecule has 0 aromatic carbocycles. The van der Waals surface area contributed by atoms with Gasteiger partial charge in [-0.2, -0.15) is 5.32 Å². The van der Waals surface area contributed by atoms with Crippen LogP contribution in [-0.4, -0.2) is 53.5 Å². The monoisotopic (exact) mass is 226 g/mol. The van der Waals surface area contributed by atoms with Crippen LogP contribution in [0.1, 0.15) is 19.3 Å². The second-order valence-corrected chi connectivity index (χ2v) is 4.48. The number of carbonyl (C=O) groups is 1. The van der Waals surface area contributed by atoms with E-state index < -0.39 is 0 Å². The summed E-state index contributed by atoms with van der Waals surface area (Å²) in [5.74, 6) is -0.0985. The maximum atomic E-state index is 11.0. The van der Waals surface area contributed by atoms with Crippen LogP contribution in [-0.2, 0) is 4.79 Å². The highest BCUT2D eigenvalue weighted by Gasteiger charge is 2.25. The van der Waals surface area contributed by atoms with Crippen molar-refractivity contribution in [1.82, 2.24) is 15.1 Å². The Balaban J connectivity index is 1.73. The van der Waals surface area contributed by atoms with Gasteiger partial charge in [0.2, 0.25) is 0 Å². The van der Waals surface area contributed by atoms with Gasteiger partial charge in [0.25, 0.3) is 5.91 Å². The summed E-state index contributed by atoms with van der Waals surface area (Å²) < 4.78 is 0. The van der Waals surface area contributed by atoms with Crippen molar-refractivity contribution in [3.63, 3.8) is 0 Å². The van der Waals surface area contributed by atoms with E-state index in [-0.39, 0.29) is 5.91 Å². The van der Waals surface area contributed by atoms with E-state index in [1.807, 2.05) is 4.90 Å². The number of rotatable bonds is 3. The number of carbonyl (C=O) groups excluding carboxylic acids is 1. The number of piperidine rings is 1. The minimum Gasteiger partial charge on any atom is -0.337 e. The summed E-state index contributed by atoms with van der Waals surface area (Å²) in [6.07, 6.45) is 3.95. The second kappa shape index (κ2) is 4.90. The van der Waals surface area contributed by atoms with Gasteiger partial charge in [0, 0.05) is 13.1 Å². The molecule has 1 radical (unpaired) electrons. The van der Waals surface area contributed by atoms with E-state index in [9.17, 15) is 4.79 Å². The van der Waals surface area contributed by atoms with Gasteiger partial charge in [-0.3, -0.25) is 4.79 Å². The number of hydrogen-bond donors (Lipinski definition) is 0. The largest absolute Gasteiger partial charge is 0.337 e. The lowest BCUT2D eigenvalue weighted by atomic mass is 10.1. The maximum absolute atomic E-state index is 11.0. The van der Waals surface area contributed by atoms with Crippen molar-refractivity contribution in [1.29, 1.82) is 0 Å². The molecule has 83 valence electrons. The van der Waals surface area contributed by atoms with E-state index in [0.29, 0.717) is 11.7 Å². The summed E-state index contributed by atoms with van der Waals surface area (Å²) in [5.41, 5.74) is 0. The number of thiocarbonyl (C=S) groups is 1. The Labute approximate surface area is 95.6 Å². The molecule has 0 spiro atoms. The number of nitrogens with zero attached hydrogens (tertiary/aromatic N) is 3. The van der Waals surface area contributed by atoms with E-state index in [1.165, 1.54) is 32.4 Å². The topological polar surface area (TPSA) is 37.7 Å². The molecule has 0 aromatic rings. The van der Waals surface area contributed by atoms with E-state index in [0.717, 1.165) is 13.1 Å². The first-order valence-electron chi connectivity index (χ1n) is 5.51. The predicted octanol–water partition coefficient (Wildman–Crippen LogP) is 0.204. The fourth-order valence-electron chi connectivity index (χ4n) is 2.06.